The lowest BCUT2D eigenvalue weighted by Crippen LogP contribution is -2.01. The number of carbonyl (C=O) groups is 7. The van der Waals surface area contributed by atoms with Crippen molar-refractivity contribution >= 4 is 132 Å². The van der Waals surface area contributed by atoms with Gasteiger partial charge in [-0.2, -0.15) is 0 Å². The molecule has 0 fully saturated rings. The number of hydrogen-bond donors (Lipinski definition) is 1. The monoisotopic (exact) mass is 1250 g/mol. The molecular formula is C54H64N2O18S7. The van der Waals surface area contributed by atoms with Gasteiger partial charge in [0.25, 0.3) is 5.69 Å². The molecule has 440 valence electrons. The van der Waals surface area contributed by atoms with Crippen LogP contribution in [0.15, 0.2) is 70.7 Å². The average Bonchev–Trinajstić information content (AvgIpc) is 4.30. The number of ether oxygens (including phenoxy) is 6. The summed E-state index contributed by atoms with van der Waals surface area (Å²) in [5, 5.41) is 33.9. The van der Waals surface area contributed by atoms with Gasteiger partial charge < -0.3 is 33.5 Å². The lowest BCUT2D eigenvalue weighted by Gasteiger charge is -1.95. The highest BCUT2D eigenvalue weighted by Gasteiger charge is 2.17. The Balaban J connectivity index is 0.000000474. The first-order valence-electron chi connectivity index (χ1n) is 24.3. The quantitative estimate of drug-likeness (QED) is 0.0432. The molecular weight excluding hydrogens is 1190 g/mol. The molecule has 0 aliphatic carbocycles. The highest BCUT2D eigenvalue weighted by molar-refractivity contribution is 7.17. The smallest absolute Gasteiger partial charge is 0.348 e. The van der Waals surface area contributed by atoms with Crippen LogP contribution in [0, 0.1) is 68.7 Å². The van der Waals surface area contributed by atoms with E-state index >= 15 is 0 Å². The Morgan fingerprint density at radius 1 is 0.432 bits per heavy atom. The van der Waals surface area contributed by atoms with E-state index in [1.54, 1.807) is 32.9 Å². The van der Waals surface area contributed by atoms with E-state index in [2.05, 4.69) is 9.47 Å². The van der Waals surface area contributed by atoms with E-state index in [4.69, 9.17) is 24.1 Å². The number of rotatable bonds is 15. The van der Waals surface area contributed by atoms with E-state index in [0.29, 0.717) is 50.8 Å². The van der Waals surface area contributed by atoms with E-state index < -0.39 is 27.8 Å². The normalized spacial score (nSPS) is 9.69. The Kier molecular flexibility index (Phi) is 34.3. The van der Waals surface area contributed by atoms with E-state index in [1.807, 2.05) is 104 Å². The van der Waals surface area contributed by atoms with Gasteiger partial charge in [0.1, 0.15) is 34.1 Å². The summed E-state index contributed by atoms with van der Waals surface area (Å²) >= 11 is 8.94. The second-order valence-electron chi connectivity index (χ2n) is 15.5. The summed E-state index contributed by atoms with van der Waals surface area (Å²) in [7, 11) is 0. The van der Waals surface area contributed by atoms with Crippen molar-refractivity contribution in [3.63, 3.8) is 0 Å². The zero-order valence-electron chi connectivity index (χ0n) is 46.8. The van der Waals surface area contributed by atoms with Crippen LogP contribution in [0.5, 0.6) is 0 Å². The topological polar surface area (TPSA) is 281 Å². The molecule has 20 nitrogen and oxygen atoms in total. The van der Waals surface area contributed by atoms with E-state index in [1.165, 1.54) is 94.9 Å². The summed E-state index contributed by atoms with van der Waals surface area (Å²) in [6.07, 6.45) is 0. The lowest BCUT2D eigenvalue weighted by molar-refractivity contribution is -0.384. The fourth-order valence-corrected chi connectivity index (χ4v) is 10.8. The first kappa shape index (κ1) is 72.0. The molecule has 7 rings (SSSR count). The van der Waals surface area contributed by atoms with Gasteiger partial charge in [-0.1, -0.05) is 17.4 Å². The Hall–Kier alpha value is -7.01. The van der Waals surface area contributed by atoms with Crippen LogP contribution in [0.25, 0.3) is 0 Å². The first-order valence-corrected chi connectivity index (χ1v) is 30.2. The summed E-state index contributed by atoms with van der Waals surface area (Å²) in [5.41, 5.74) is 4.40. The molecule has 0 unspecified atom stereocenters. The Labute approximate surface area is 497 Å². The van der Waals surface area contributed by atoms with E-state index in [0.717, 1.165) is 44.9 Å². The molecule has 0 atom stereocenters. The molecule has 0 bridgehead atoms. The Morgan fingerprint density at radius 2 is 0.802 bits per heavy atom. The third-order valence-electron chi connectivity index (χ3n) is 9.39. The number of hydrogen-bond acceptors (Lipinski definition) is 24. The minimum atomic E-state index is -0.840. The number of carboxylic acids is 1. The molecule has 0 amide bonds. The number of carbonyl (C=O) groups excluding carboxylic acids is 6. The van der Waals surface area contributed by atoms with Crippen molar-refractivity contribution in [1.82, 2.24) is 0 Å². The van der Waals surface area contributed by atoms with Crippen LogP contribution < -0.4 is 0 Å². The largest absolute Gasteiger partial charge is 0.477 e. The van der Waals surface area contributed by atoms with Crippen molar-refractivity contribution in [3.8, 4) is 0 Å². The van der Waals surface area contributed by atoms with Crippen LogP contribution in [0.4, 0.5) is 10.7 Å². The van der Waals surface area contributed by atoms with Gasteiger partial charge in [-0.15, -0.1) is 68.0 Å². The predicted octanol–water partition coefficient (Wildman–Crippen LogP) is 15.0. The molecule has 0 radical (unpaired) electrons. The maximum absolute atomic E-state index is 11.2. The van der Waals surface area contributed by atoms with Crippen LogP contribution in [0.2, 0.25) is 0 Å². The van der Waals surface area contributed by atoms with Crippen molar-refractivity contribution in [3.05, 3.63) is 162 Å². The maximum atomic E-state index is 11.2. The molecule has 0 aliphatic rings. The van der Waals surface area contributed by atoms with Crippen molar-refractivity contribution in [1.29, 1.82) is 0 Å². The van der Waals surface area contributed by atoms with Crippen LogP contribution in [-0.2, 0) is 28.4 Å². The molecule has 1 N–H and O–H groups in total. The molecule has 0 spiro atoms. The zero-order chi connectivity index (χ0) is 61.4. The SMILES string of the molecule is CCOC(=O)c1cc(C)c(C)s1.CCOC(=O)c1cc(C)c(C)s1.CCOC(=O)c1cc(C)c(C)s1.CCOC(=O)c1cc([N+](=O)[O-])cs1.CCOC(=O)c1ccc([N+](=O)[O-])s1.CCOC(=O)c1cccs1.Cc1csc(C(=O)O)c1. The fourth-order valence-electron chi connectivity index (χ4n) is 5.24. The third-order valence-corrected chi connectivity index (χ3v) is 16.6. The molecule has 0 saturated heterocycles. The van der Waals surface area contributed by atoms with Gasteiger partial charge in [0.2, 0.25) is 0 Å². The fraction of sp³-hybridized carbons (Fsp3) is 0.352. The highest BCUT2D eigenvalue weighted by atomic mass is 32.1. The number of carboxylic acid groups (broad SMARTS) is 1. The molecule has 7 heterocycles. The number of aromatic carboxylic acids is 1. The summed E-state index contributed by atoms with van der Waals surface area (Å²) in [4.78, 5) is 103. The molecule has 0 aliphatic heterocycles. The summed E-state index contributed by atoms with van der Waals surface area (Å²) in [6.45, 7) is 26.8. The van der Waals surface area contributed by atoms with Crippen molar-refractivity contribution in [2.24, 2.45) is 0 Å². The number of nitro groups is 2. The zero-order valence-corrected chi connectivity index (χ0v) is 52.5. The number of aryl methyl sites for hydroxylation is 7. The number of nitrogens with zero attached hydrogens (tertiary/aromatic N) is 2. The van der Waals surface area contributed by atoms with Crippen molar-refractivity contribution in [2.45, 2.75) is 90.0 Å². The first-order chi connectivity index (χ1) is 38.3. The lowest BCUT2D eigenvalue weighted by atomic mass is 10.3. The number of thiophene rings is 7. The minimum absolute atomic E-state index is 0.0527. The average molecular weight is 1250 g/mol. The summed E-state index contributed by atoms with van der Waals surface area (Å²) in [5.74, 6) is -2.72. The van der Waals surface area contributed by atoms with Gasteiger partial charge in [-0.25, -0.2) is 33.6 Å². The Bertz CT molecular complexity index is 2850. The predicted molar refractivity (Wildman–Crippen MR) is 319 cm³/mol. The highest BCUT2D eigenvalue weighted by Crippen LogP contribution is 2.26. The Morgan fingerprint density at radius 3 is 1.06 bits per heavy atom. The summed E-state index contributed by atoms with van der Waals surface area (Å²) in [6, 6.07) is 14.8. The van der Waals surface area contributed by atoms with Gasteiger partial charge in [0.05, 0.1) is 54.9 Å². The molecule has 0 aromatic carbocycles. The second kappa shape index (κ2) is 38.6. The van der Waals surface area contributed by atoms with Gasteiger partial charge in [0.15, 0.2) is 0 Å². The maximum Gasteiger partial charge on any atom is 0.348 e. The second-order valence-corrected chi connectivity index (χ2v) is 23.1. The van der Waals surface area contributed by atoms with E-state index in [-0.39, 0.29) is 57.5 Å². The van der Waals surface area contributed by atoms with Gasteiger partial charge >= 0.3 is 46.8 Å². The van der Waals surface area contributed by atoms with Gasteiger partial charge in [-0.05, 0) is 159 Å². The minimum Gasteiger partial charge on any atom is -0.477 e. The van der Waals surface area contributed by atoms with Crippen LogP contribution in [0.3, 0.4) is 0 Å². The molecule has 81 heavy (non-hydrogen) atoms. The van der Waals surface area contributed by atoms with Crippen molar-refractivity contribution < 1.29 is 76.9 Å². The van der Waals surface area contributed by atoms with E-state index in [9.17, 15) is 53.8 Å². The molecule has 7 aromatic rings. The van der Waals surface area contributed by atoms with Crippen LogP contribution in [-0.4, -0.2) is 96.4 Å². The summed E-state index contributed by atoms with van der Waals surface area (Å²) < 4.78 is 28.7. The van der Waals surface area contributed by atoms with Gasteiger partial charge in [-0.3, -0.25) is 20.2 Å². The molecule has 27 heteroatoms. The third kappa shape index (κ3) is 26.9. The van der Waals surface area contributed by atoms with Crippen LogP contribution in [0.1, 0.15) is 146 Å². The standard InChI is InChI=1S/3C9H12O2S.2C7H7NO4S.C7H8O2S.C6H6O2S/c3*1-4-11-9(10)8-5-6(2)7(3)12-8;1-2-12-7(9)6-3-5(4-13-6)8(10)11;1-2-12-7(9)5-3-4-6(13-5)8(10)11;1-2-9-7(8)6-4-3-5-10-6;1-4-2-5(6(7)8)9-3-4/h3*5H,4H2,1-3H3;2*3-4H,2H2,1H3;3-5H,2H2,1H3;2-3H,1H3,(H,7,8). The number of esters is 6. The van der Waals surface area contributed by atoms with Crippen LogP contribution >= 0.6 is 79.4 Å². The molecule has 7 aromatic heterocycles. The van der Waals surface area contributed by atoms with Gasteiger partial charge in [0, 0.05) is 26.8 Å². The van der Waals surface area contributed by atoms with Crippen molar-refractivity contribution in [2.75, 3.05) is 39.6 Å². The molecule has 0 saturated carbocycles.